The van der Waals surface area contributed by atoms with Crippen molar-refractivity contribution in [1.29, 1.82) is 0 Å². The van der Waals surface area contributed by atoms with Crippen molar-refractivity contribution >= 4 is 23.3 Å². The molecule has 0 aliphatic rings. The molecule has 0 saturated heterocycles. The predicted molar refractivity (Wildman–Crippen MR) is 76.6 cm³/mol. The van der Waals surface area contributed by atoms with Crippen molar-refractivity contribution in [2.24, 2.45) is 0 Å². The number of rotatable bonds is 3. The van der Waals surface area contributed by atoms with Crippen LogP contribution in [-0.4, -0.2) is 17.9 Å². The van der Waals surface area contributed by atoms with Crippen LogP contribution in [0.5, 0.6) is 0 Å². The number of carbonyl (C=O) groups is 1. The fourth-order valence-corrected chi connectivity index (χ4v) is 1.91. The average molecular weight is 330 g/mol. The van der Waals surface area contributed by atoms with Gasteiger partial charge in [-0.3, -0.25) is 15.2 Å². The largest absolute Gasteiger partial charge is 0.416 e. The zero-order chi connectivity index (χ0) is 16.3. The molecule has 1 heterocycles. The third kappa shape index (κ3) is 3.67. The van der Waals surface area contributed by atoms with Gasteiger partial charge in [-0.1, -0.05) is 23.7 Å². The molecule has 2 aromatic rings. The van der Waals surface area contributed by atoms with Gasteiger partial charge in [0, 0.05) is 13.2 Å². The molecule has 0 fully saturated rings. The summed E-state index contributed by atoms with van der Waals surface area (Å²) in [5.74, 6) is -0.595. The monoisotopic (exact) mass is 329 g/mol. The number of halogens is 4. The van der Waals surface area contributed by atoms with E-state index in [1.165, 1.54) is 13.1 Å². The Bertz CT molecular complexity index is 691. The van der Waals surface area contributed by atoms with E-state index >= 15 is 0 Å². The summed E-state index contributed by atoms with van der Waals surface area (Å²) in [6.07, 6.45) is -3.46. The zero-order valence-corrected chi connectivity index (χ0v) is 12.1. The molecule has 116 valence electrons. The molecule has 1 aromatic carbocycles. The molecule has 0 aliphatic carbocycles. The Labute approximate surface area is 129 Å². The number of alkyl halides is 3. The van der Waals surface area contributed by atoms with Crippen molar-refractivity contribution in [2.45, 2.75) is 6.18 Å². The summed E-state index contributed by atoms with van der Waals surface area (Å²) in [5, 5.41) is 1.34. The molecule has 0 atom stereocenters. The second kappa shape index (κ2) is 6.23. The van der Waals surface area contributed by atoms with Crippen molar-refractivity contribution < 1.29 is 18.0 Å². The topological polar surface area (TPSA) is 45.2 Å². The standard InChI is InChI=1S/C14H11ClF3N3O/c1-21(12-8-9(6-7-19-12)14(16,17)18)20-13(22)10-4-2-3-5-11(10)15/h2-8H,1H3,(H,20,22). The quantitative estimate of drug-likeness (QED) is 0.876. The molecule has 22 heavy (non-hydrogen) atoms. The molecule has 0 saturated carbocycles. The number of hydrogen-bond donors (Lipinski definition) is 1. The van der Waals surface area contributed by atoms with Crippen molar-refractivity contribution in [3.63, 3.8) is 0 Å². The lowest BCUT2D eigenvalue weighted by atomic mass is 10.2. The molecule has 1 N–H and O–H groups in total. The van der Waals surface area contributed by atoms with Gasteiger partial charge >= 0.3 is 6.18 Å². The third-order valence-electron chi connectivity index (χ3n) is 2.80. The summed E-state index contributed by atoms with van der Waals surface area (Å²) in [6.45, 7) is 0. The predicted octanol–water partition coefficient (Wildman–Crippen LogP) is 3.54. The van der Waals surface area contributed by atoms with E-state index in [1.807, 2.05) is 0 Å². The van der Waals surface area contributed by atoms with Gasteiger partial charge in [0.1, 0.15) is 5.82 Å². The molecular formula is C14H11ClF3N3O. The van der Waals surface area contributed by atoms with Gasteiger partial charge in [-0.25, -0.2) is 4.98 Å². The van der Waals surface area contributed by atoms with Gasteiger partial charge in [0.2, 0.25) is 0 Å². The third-order valence-corrected chi connectivity index (χ3v) is 3.13. The van der Waals surface area contributed by atoms with Gasteiger partial charge in [0.15, 0.2) is 0 Å². The van der Waals surface area contributed by atoms with E-state index in [-0.39, 0.29) is 16.4 Å². The Balaban J connectivity index is 2.18. The van der Waals surface area contributed by atoms with Crippen molar-refractivity contribution in [1.82, 2.24) is 10.4 Å². The summed E-state index contributed by atoms with van der Waals surface area (Å²) in [7, 11) is 1.39. The van der Waals surface area contributed by atoms with Gasteiger partial charge in [-0.2, -0.15) is 13.2 Å². The number of nitrogens with zero attached hydrogens (tertiary/aromatic N) is 2. The number of benzene rings is 1. The smallest absolute Gasteiger partial charge is 0.271 e. The summed E-state index contributed by atoms with van der Waals surface area (Å²) in [4.78, 5) is 15.8. The van der Waals surface area contributed by atoms with Crippen LogP contribution in [0.25, 0.3) is 0 Å². The number of pyridine rings is 1. The molecule has 8 heteroatoms. The summed E-state index contributed by atoms with van der Waals surface area (Å²) < 4.78 is 38.0. The minimum absolute atomic E-state index is 0.0461. The average Bonchev–Trinajstić information content (AvgIpc) is 2.46. The van der Waals surface area contributed by atoms with Crippen molar-refractivity contribution in [2.75, 3.05) is 12.1 Å². The Kier molecular flexibility index (Phi) is 4.56. The molecule has 4 nitrogen and oxygen atoms in total. The number of hydrogen-bond acceptors (Lipinski definition) is 3. The maximum absolute atomic E-state index is 12.7. The Morgan fingerprint density at radius 2 is 1.95 bits per heavy atom. The van der Waals surface area contributed by atoms with Crippen LogP contribution in [0.15, 0.2) is 42.6 Å². The van der Waals surface area contributed by atoms with E-state index in [0.29, 0.717) is 0 Å². The molecular weight excluding hydrogens is 319 g/mol. The second-order valence-corrected chi connectivity index (χ2v) is 4.79. The minimum atomic E-state index is -4.48. The zero-order valence-electron chi connectivity index (χ0n) is 11.4. The molecule has 1 amide bonds. The Morgan fingerprint density at radius 3 is 2.59 bits per heavy atom. The van der Waals surface area contributed by atoms with E-state index in [2.05, 4.69) is 10.4 Å². The Hall–Kier alpha value is -2.28. The van der Waals surface area contributed by atoms with E-state index in [1.54, 1.807) is 18.2 Å². The summed E-state index contributed by atoms with van der Waals surface area (Å²) in [6, 6.07) is 8.03. The fourth-order valence-electron chi connectivity index (χ4n) is 1.69. The van der Waals surface area contributed by atoms with Crippen LogP contribution >= 0.6 is 11.6 Å². The maximum Gasteiger partial charge on any atom is 0.416 e. The number of nitrogens with one attached hydrogen (secondary N) is 1. The van der Waals surface area contributed by atoms with E-state index in [4.69, 9.17) is 11.6 Å². The van der Waals surface area contributed by atoms with Gasteiger partial charge in [-0.15, -0.1) is 0 Å². The molecule has 1 aromatic heterocycles. The molecule has 0 bridgehead atoms. The van der Waals surface area contributed by atoms with Crippen LogP contribution in [0, 0.1) is 0 Å². The molecule has 0 aliphatic heterocycles. The van der Waals surface area contributed by atoms with Crippen LogP contribution in [0.1, 0.15) is 15.9 Å². The van der Waals surface area contributed by atoms with Crippen LogP contribution in [0.3, 0.4) is 0 Å². The number of anilines is 1. The van der Waals surface area contributed by atoms with Crippen molar-refractivity contribution in [3.8, 4) is 0 Å². The molecule has 0 radical (unpaired) electrons. The number of carbonyl (C=O) groups excluding carboxylic acids is 1. The summed E-state index contributed by atoms with van der Waals surface area (Å²) in [5.41, 5.74) is 1.77. The minimum Gasteiger partial charge on any atom is -0.271 e. The summed E-state index contributed by atoms with van der Waals surface area (Å²) >= 11 is 5.89. The van der Waals surface area contributed by atoms with Gasteiger partial charge in [0.05, 0.1) is 16.1 Å². The van der Waals surface area contributed by atoms with Gasteiger partial charge in [0.25, 0.3) is 5.91 Å². The SMILES string of the molecule is CN(NC(=O)c1ccccc1Cl)c1cc(C(F)(F)F)ccn1. The number of amides is 1. The molecule has 0 spiro atoms. The van der Waals surface area contributed by atoms with Crippen LogP contribution in [-0.2, 0) is 6.18 Å². The van der Waals surface area contributed by atoms with Gasteiger partial charge in [-0.05, 0) is 24.3 Å². The highest BCUT2D eigenvalue weighted by Gasteiger charge is 2.31. The van der Waals surface area contributed by atoms with E-state index in [0.717, 1.165) is 23.3 Å². The van der Waals surface area contributed by atoms with Gasteiger partial charge < -0.3 is 0 Å². The van der Waals surface area contributed by atoms with Crippen LogP contribution in [0.4, 0.5) is 19.0 Å². The first-order chi connectivity index (χ1) is 10.3. The lowest BCUT2D eigenvalue weighted by Gasteiger charge is -2.20. The lowest BCUT2D eigenvalue weighted by Crippen LogP contribution is -2.40. The number of aromatic nitrogens is 1. The Morgan fingerprint density at radius 1 is 1.27 bits per heavy atom. The van der Waals surface area contributed by atoms with E-state index < -0.39 is 17.6 Å². The maximum atomic E-state index is 12.7. The highest BCUT2D eigenvalue weighted by atomic mass is 35.5. The normalized spacial score (nSPS) is 11.1. The van der Waals surface area contributed by atoms with Crippen LogP contribution < -0.4 is 10.4 Å². The molecule has 0 unspecified atom stereocenters. The van der Waals surface area contributed by atoms with E-state index in [9.17, 15) is 18.0 Å². The molecule has 2 rings (SSSR count). The first-order valence-electron chi connectivity index (χ1n) is 6.11. The lowest BCUT2D eigenvalue weighted by molar-refractivity contribution is -0.137. The second-order valence-electron chi connectivity index (χ2n) is 4.38. The highest BCUT2D eigenvalue weighted by Crippen LogP contribution is 2.30. The first kappa shape index (κ1) is 16.1. The van der Waals surface area contributed by atoms with Crippen molar-refractivity contribution in [3.05, 3.63) is 58.7 Å². The highest BCUT2D eigenvalue weighted by molar-refractivity contribution is 6.33. The first-order valence-corrected chi connectivity index (χ1v) is 6.49. The number of hydrazine groups is 1. The fraction of sp³-hybridized carbons (Fsp3) is 0.143. The van der Waals surface area contributed by atoms with Crippen LogP contribution in [0.2, 0.25) is 5.02 Å².